The Morgan fingerprint density at radius 3 is 2.74 bits per heavy atom. The normalized spacial score (nSPS) is 10.8. The third kappa shape index (κ3) is 5.10. The second-order valence-corrected chi connectivity index (χ2v) is 7.16. The molecule has 1 amide bonds. The Labute approximate surface area is 183 Å². The van der Waals surface area contributed by atoms with Gasteiger partial charge in [-0.1, -0.05) is 48.0 Å². The Kier molecular flexibility index (Phi) is 6.28. The molecule has 0 aliphatic carbocycles. The van der Waals surface area contributed by atoms with Gasteiger partial charge in [0.25, 0.3) is 5.91 Å². The number of amides is 1. The largest absolute Gasteiger partial charge is 0.482 e. The first-order valence-corrected chi connectivity index (χ1v) is 10.0. The number of fused-ring (bicyclic) bond motifs is 1. The zero-order valence-electron chi connectivity index (χ0n) is 16.8. The topological polar surface area (TPSA) is 90.6 Å². The SMILES string of the molecule is Cc1ccc(Cl)c(OCC(=O)NCCOc2ccc3nnc(-c4ccccc4)n3n2)c1. The Morgan fingerprint density at radius 1 is 1.06 bits per heavy atom. The molecule has 1 N–H and O–H groups in total. The number of carbonyl (C=O) groups excluding carboxylic acids is 1. The minimum atomic E-state index is -0.269. The van der Waals surface area contributed by atoms with Crippen LogP contribution >= 0.6 is 11.6 Å². The van der Waals surface area contributed by atoms with Crippen molar-refractivity contribution in [3.05, 3.63) is 71.2 Å². The fourth-order valence-corrected chi connectivity index (χ4v) is 3.05. The number of nitrogens with zero attached hydrogens (tertiary/aromatic N) is 4. The molecule has 2 aromatic carbocycles. The van der Waals surface area contributed by atoms with Gasteiger partial charge in [0.15, 0.2) is 18.1 Å². The molecule has 8 nitrogen and oxygen atoms in total. The van der Waals surface area contributed by atoms with Gasteiger partial charge in [-0.2, -0.15) is 4.52 Å². The number of rotatable bonds is 8. The summed E-state index contributed by atoms with van der Waals surface area (Å²) in [6, 6.07) is 18.6. The van der Waals surface area contributed by atoms with Crippen LogP contribution in [-0.2, 0) is 4.79 Å². The van der Waals surface area contributed by atoms with Crippen molar-refractivity contribution in [2.75, 3.05) is 19.8 Å². The van der Waals surface area contributed by atoms with Crippen LogP contribution in [0.25, 0.3) is 17.0 Å². The van der Waals surface area contributed by atoms with Gasteiger partial charge in [0.2, 0.25) is 5.88 Å². The summed E-state index contributed by atoms with van der Waals surface area (Å²) in [6.07, 6.45) is 0. The molecule has 0 unspecified atom stereocenters. The van der Waals surface area contributed by atoms with Crippen LogP contribution in [0.4, 0.5) is 0 Å². The fraction of sp³-hybridized carbons (Fsp3) is 0.182. The van der Waals surface area contributed by atoms with Crippen LogP contribution in [0.5, 0.6) is 11.6 Å². The quantitative estimate of drug-likeness (QED) is 0.425. The Hall–Kier alpha value is -3.65. The van der Waals surface area contributed by atoms with E-state index in [9.17, 15) is 4.79 Å². The summed E-state index contributed by atoms with van der Waals surface area (Å²) in [5.41, 5.74) is 2.52. The fourth-order valence-electron chi connectivity index (χ4n) is 2.88. The van der Waals surface area contributed by atoms with Crippen molar-refractivity contribution in [2.24, 2.45) is 0 Å². The van der Waals surface area contributed by atoms with Crippen LogP contribution in [0, 0.1) is 6.92 Å². The summed E-state index contributed by atoms with van der Waals surface area (Å²) < 4.78 is 12.8. The molecule has 0 aliphatic rings. The van der Waals surface area contributed by atoms with E-state index < -0.39 is 0 Å². The van der Waals surface area contributed by atoms with Gasteiger partial charge < -0.3 is 14.8 Å². The summed E-state index contributed by atoms with van der Waals surface area (Å²) in [4.78, 5) is 12.0. The monoisotopic (exact) mass is 437 g/mol. The molecule has 2 aromatic heterocycles. The minimum Gasteiger partial charge on any atom is -0.482 e. The number of hydrogen-bond donors (Lipinski definition) is 1. The van der Waals surface area contributed by atoms with Crippen LogP contribution in [-0.4, -0.2) is 45.5 Å². The molecule has 2 heterocycles. The van der Waals surface area contributed by atoms with E-state index in [4.69, 9.17) is 21.1 Å². The van der Waals surface area contributed by atoms with Crippen LogP contribution in [0.1, 0.15) is 5.56 Å². The van der Waals surface area contributed by atoms with E-state index >= 15 is 0 Å². The standard InChI is InChI=1S/C22H20ClN5O3/c1-15-7-8-17(23)18(13-15)31-14-20(29)24-11-12-30-21-10-9-19-25-26-22(28(19)27-21)16-5-3-2-4-6-16/h2-10,13H,11-12,14H2,1H3,(H,24,29). The van der Waals surface area contributed by atoms with Gasteiger partial charge in [-0.15, -0.1) is 15.3 Å². The molecule has 4 rings (SSSR count). The lowest BCUT2D eigenvalue weighted by Crippen LogP contribution is -2.32. The number of carbonyl (C=O) groups is 1. The highest BCUT2D eigenvalue weighted by Gasteiger charge is 2.10. The molecular formula is C22H20ClN5O3. The second kappa shape index (κ2) is 9.44. The number of benzene rings is 2. The predicted octanol–water partition coefficient (Wildman–Crippen LogP) is 3.33. The molecule has 0 atom stereocenters. The number of nitrogens with one attached hydrogen (secondary N) is 1. The van der Waals surface area contributed by atoms with E-state index in [2.05, 4.69) is 20.6 Å². The van der Waals surface area contributed by atoms with Gasteiger partial charge in [-0.3, -0.25) is 4.79 Å². The minimum absolute atomic E-state index is 0.130. The van der Waals surface area contributed by atoms with Crippen molar-refractivity contribution in [3.63, 3.8) is 0 Å². The number of aromatic nitrogens is 4. The van der Waals surface area contributed by atoms with Gasteiger partial charge >= 0.3 is 0 Å². The molecule has 4 aromatic rings. The lowest BCUT2D eigenvalue weighted by Gasteiger charge is -2.10. The van der Waals surface area contributed by atoms with E-state index in [1.165, 1.54) is 0 Å². The first-order valence-electron chi connectivity index (χ1n) is 9.66. The molecular weight excluding hydrogens is 418 g/mol. The maximum absolute atomic E-state index is 12.0. The van der Waals surface area contributed by atoms with E-state index in [1.807, 2.05) is 43.3 Å². The Morgan fingerprint density at radius 2 is 1.90 bits per heavy atom. The zero-order chi connectivity index (χ0) is 21.6. The van der Waals surface area contributed by atoms with E-state index in [-0.39, 0.29) is 19.1 Å². The molecule has 0 bridgehead atoms. The first kappa shape index (κ1) is 20.6. The van der Waals surface area contributed by atoms with E-state index in [0.717, 1.165) is 11.1 Å². The molecule has 9 heteroatoms. The number of ether oxygens (including phenoxy) is 2. The number of halogens is 1. The summed E-state index contributed by atoms with van der Waals surface area (Å²) in [5.74, 6) is 1.24. The van der Waals surface area contributed by atoms with Crippen molar-refractivity contribution < 1.29 is 14.3 Å². The molecule has 31 heavy (non-hydrogen) atoms. The van der Waals surface area contributed by atoms with Crippen LogP contribution < -0.4 is 14.8 Å². The van der Waals surface area contributed by atoms with Crippen molar-refractivity contribution in [1.29, 1.82) is 0 Å². The number of aryl methyl sites for hydroxylation is 1. The maximum atomic E-state index is 12.0. The van der Waals surface area contributed by atoms with Gasteiger partial charge in [-0.25, -0.2) is 0 Å². The van der Waals surface area contributed by atoms with Gasteiger partial charge in [-0.05, 0) is 30.7 Å². The summed E-state index contributed by atoms with van der Waals surface area (Å²) >= 11 is 6.06. The van der Waals surface area contributed by atoms with Crippen LogP contribution in [0.2, 0.25) is 5.02 Å². The smallest absolute Gasteiger partial charge is 0.258 e. The molecule has 158 valence electrons. The lowest BCUT2D eigenvalue weighted by molar-refractivity contribution is -0.123. The summed E-state index contributed by atoms with van der Waals surface area (Å²) in [5, 5.41) is 16.0. The van der Waals surface area contributed by atoms with Gasteiger partial charge in [0.05, 0.1) is 11.6 Å². The lowest BCUT2D eigenvalue weighted by atomic mass is 10.2. The highest BCUT2D eigenvalue weighted by Crippen LogP contribution is 2.25. The van der Waals surface area contributed by atoms with Crippen molar-refractivity contribution >= 4 is 23.2 Å². The first-order chi connectivity index (χ1) is 15.1. The van der Waals surface area contributed by atoms with Gasteiger partial charge in [0.1, 0.15) is 12.4 Å². The van der Waals surface area contributed by atoms with Crippen LogP contribution in [0.3, 0.4) is 0 Å². The molecule has 0 fully saturated rings. The predicted molar refractivity (Wildman–Crippen MR) is 116 cm³/mol. The maximum Gasteiger partial charge on any atom is 0.258 e. The van der Waals surface area contributed by atoms with E-state index in [0.29, 0.717) is 34.7 Å². The summed E-state index contributed by atoms with van der Waals surface area (Å²) in [6.45, 7) is 2.35. The Balaban J connectivity index is 1.28. The van der Waals surface area contributed by atoms with Crippen molar-refractivity contribution in [1.82, 2.24) is 25.1 Å². The summed E-state index contributed by atoms with van der Waals surface area (Å²) in [7, 11) is 0. The van der Waals surface area contributed by atoms with Crippen molar-refractivity contribution in [2.45, 2.75) is 6.92 Å². The van der Waals surface area contributed by atoms with Gasteiger partial charge in [0, 0.05) is 11.6 Å². The highest BCUT2D eigenvalue weighted by atomic mass is 35.5. The molecule has 0 saturated heterocycles. The zero-order valence-corrected chi connectivity index (χ0v) is 17.5. The van der Waals surface area contributed by atoms with Crippen molar-refractivity contribution in [3.8, 4) is 23.0 Å². The average Bonchev–Trinajstić information content (AvgIpc) is 3.21. The third-order valence-corrected chi connectivity index (χ3v) is 4.70. The molecule has 0 spiro atoms. The van der Waals surface area contributed by atoms with E-state index in [1.54, 1.807) is 28.8 Å². The third-order valence-electron chi connectivity index (χ3n) is 4.39. The molecule has 0 aliphatic heterocycles. The Bertz CT molecular complexity index is 1200. The van der Waals surface area contributed by atoms with Crippen LogP contribution in [0.15, 0.2) is 60.7 Å². The number of hydrogen-bond acceptors (Lipinski definition) is 6. The molecule has 0 radical (unpaired) electrons. The average molecular weight is 438 g/mol. The highest BCUT2D eigenvalue weighted by molar-refractivity contribution is 6.32. The second-order valence-electron chi connectivity index (χ2n) is 6.75. The molecule has 0 saturated carbocycles.